The van der Waals surface area contributed by atoms with Gasteiger partial charge in [0.15, 0.2) is 0 Å². The van der Waals surface area contributed by atoms with Crippen LogP contribution in [0.15, 0.2) is 71.4 Å². The highest BCUT2D eigenvalue weighted by molar-refractivity contribution is 7.20. The zero-order valence-electron chi connectivity index (χ0n) is 15.3. The Balaban J connectivity index is 1.30. The van der Waals surface area contributed by atoms with Gasteiger partial charge in [0, 0.05) is 16.6 Å². The summed E-state index contributed by atoms with van der Waals surface area (Å²) in [5, 5.41) is 7.89. The van der Waals surface area contributed by atoms with Gasteiger partial charge >= 0.3 is 0 Å². The van der Waals surface area contributed by atoms with E-state index in [0.717, 1.165) is 43.7 Å². The fraction of sp³-hybridized carbons (Fsp3) is 0.0455. The molecule has 0 spiro atoms. The van der Waals surface area contributed by atoms with E-state index in [1.807, 2.05) is 71.4 Å². The molecule has 5 nitrogen and oxygen atoms in total. The lowest BCUT2D eigenvalue weighted by Crippen LogP contribution is -2.14. The third-order valence-electron chi connectivity index (χ3n) is 4.43. The van der Waals surface area contributed by atoms with E-state index in [0.29, 0.717) is 0 Å². The van der Waals surface area contributed by atoms with Crippen LogP contribution in [0.2, 0.25) is 0 Å². The normalized spacial score (nSPS) is 11.0. The minimum absolute atomic E-state index is 0.0882. The Hall–Kier alpha value is -3.29. The number of hydrogen-bond acceptors (Lipinski definition) is 5. The fourth-order valence-corrected chi connectivity index (χ4v) is 4.74. The summed E-state index contributed by atoms with van der Waals surface area (Å²) in [4.78, 5) is 26.1. The van der Waals surface area contributed by atoms with Crippen molar-refractivity contribution in [3.8, 4) is 21.3 Å². The molecule has 0 bridgehead atoms. The summed E-state index contributed by atoms with van der Waals surface area (Å²) in [6.07, 6.45) is 0.247. The largest absolute Gasteiger partial charge is 0.338 e. The minimum Gasteiger partial charge on any atom is -0.338 e. The minimum atomic E-state index is -0.0882. The van der Waals surface area contributed by atoms with Crippen molar-refractivity contribution in [2.45, 2.75) is 6.42 Å². The van der Waals surface area contributed by atoms with E-state index < -0.39 is 0 Å². The third-order valence-corrected chi connectivity index (χ3v) is 6.36. The van der Waals surface area contributed by atoms with Gasteiger partial charge in [-0.3, -0.25) is 4.79 Å². The van der Waals surface area contributed by atoms with E-state index in [-0.39, 0.29) is 12.3 Å². The molecule has 0 aliphatic rings. The van der Waals surface area contributed by atoms with Gasteiger partial charge in [0.2, 0.25) is 5.91 Å². The van der Waals surface area contributed by atoms with Crippen LogP contribution in [-0.4, -0.2) is 20.9 Å². The predicted molar refractivity (Wildman–Crippen MR) is 119 cm³/mol. The number of aromatic amines is 1. The van der Waals surface area contributed by atoms with Crippen LogP contribution in [0.5, 0.6) is 0 Å². The Morgan fingerprint density at radius 3 is 2.79 bits per heavy atom. The molecule has 3 heterocycles. The molecular weight excluding hydrogens is 400 g/mol. The fourth-order valence-electron chi connectivity index (χ4n) is 3.11. The molecule has 2 aromatic carbocycles. The van der Waals surface area contributed by atoms with Crippen LogP contribution >= 0.6 is 22.7 Å². The van der Waals surface area contributed by atoms with Crippen molar-refractivity contribution in [3.05, 3.63) is 77.1 Å². The molecule has 0 atom stereocenters. The van der Waals surface area contributed by atoms with E-state index in [2.05, 4.69) is 20.3 Å². The molecular formula is C22H16N4OS2. The third kappa shape index (κ3) is 3.83. The second kappa shape index (κ2) is 7.62. The summed E-state index contributed by atoms with van der Waals surface area (Å²) in [5.41, 5.74) is 4.35. The van der Waals surface area contributed by atoms with E-state index >= 15 is 0 Å². The average molecular weight is 417 g/mol. The molecule has 0 unspecified atom stereocenters. The molecule has 0 radical (unpaired) electrons. The van der Waals surface area contributed by atoms with Crippen molar-refractivity contribution in [2.24, 2.45) is 0 Å². The van der Waals surface area contributed by atoms with Gasteiger partial charge in [-0.2, -0.15) is 0 Å². The molecule has 0 saturated carbocycles. The molecule has 1 amide bonds. The highest BCUT2D eigenvalue weighted by Gasteiger charge is 2.11. The summed E-state index contributed by atoms with van der Waals surface area (Å²) in [7, 11) is 0. The Labute approximate surface area is 175 Å². The smallest absolute Gasteiger partial charge is 0.230 e. The molecule has 0 saturated heterocycles. The van der Waals surface area contributed by atoms with E-state index in [1.54, 1.807) is 22.7 Å². The second-order valence-electron chi connectivity index (χ2n) is 6.53. The van der Waals surface area contributed by atoms with Crippen molar-refractivity contribution in [1.82, 2.24) is 15.0 Å². The lowest BCUT2D eigenvalue weighted by atomic mass is 10.2. The SMILES string of the molecule is O=C(Cc1csc(-c2cccs2)n1)Nc1cccc(-c2nc3ccccc3[nH]2)c1. The van der Waals surface area contributed by atoms with E-state index in [1.165, 1.54) is 0 Å². The lowest BCUT2D eigenvalue weighted by Gasteiger charge is -2.06. The van der Waals surface area contributed by atoms with Gasteiger partial charge < -0.3 is 10.3 Å². The number of benzene rings is 2. The van der Waals surface area contributed by atoms with Crippen LogP contribution < -0.4 is 5.32 Å². The number of imidazole rings is 1. The highest BCUT2D eigenvalue weighted by Crippen LogP contribution is 2.28. The number of nitrogens with one attached hydrogen (secondary N) is 2. The van der Waals surface area contributed by atoms with Gasteiger partial charge in [-0.15, -0.1) is 22.7 Å². The maximum atomic E-state index is 12.5. The number of carbonyl (C=O) groups excluding carboxylic acids is 1. The summed E-state index contributed by atoms with van der Waals surface area (Å²) in [6.45, 7) is 0. The van der Waals surface area contributed by atoms with Crippen molar-refractivity contribution >= 4 is 45.3 Å². The van der Waals surface area contributed by atoms with Crippen molar-refractivity contribution < 1.29 is 4.79 Å². The number of rotatable bonds is 5. The zero-order chi connectivity index (χ0) is 19.6. The zero-order valence-corrected chi connectivity index (χ0v) is 16.9. The Morgan fingerprint density at radius 1 is 1.00 bits per heavy atom. The molecule has 2 N–H and O–H groups in total. The molecule has 142 valence electrons. The monoisotopic (exact) mass is 416 g/mol. The second-order valence-corrected chi connectivity index (χ2v) is 8.34. The molecule has 5 aromatic rings. The number of carbonyl (C=O) groups is 1. The van der Waals surface area contributed by atoms with Crippen molar-refractivity contribution in [3.63, 3.8) is 0 Å². The number of H-pyrrole nitrogens is 1. The van der Waals surface area contributed by atoms with Crippen LogP contribution in [0.1, 0.15) is 5.69 Å². The van der Waals surface area contributed by atoms with E-state index in [9.17, 15) is 4.79 Å². The first kappa shape index (κ1) is 17.8. The molecule has 3 aromatic heterocycles. The van der Waals surface area contributed by atoms with Gasteiger partial charge in [0.1, 0.15) is 10.8 Å². The van der Waals surface area contributed by atoms with Crippen LogP contribution in [0, 0.1) is 0 Å². The summed E-state index contributed by atoms with van der Waals surface area (Å²) >= 11 is 3.21. The van der Waals surface area contributed by atoms with Crippen molar-refractivity contribution in [2.75, 3.05) is 5.32 Å². The predicted octanol–water partition coefficient (Wildman–Crippen LogP) is 5.60. The Bertz CT molecular complexity index is 1250. The number of thiazole rings is 1. The topological polar surface area (TPSA) is 70.7 Å². The first-order valence-corrected chi connectivity index (χ1v) is 10.8. The quantitative estimate of drug-likeness (QED) is 0.392. The average Bonchev–Trinajstić information content (AvgIpc) is 3.48. The number of anilines is 1. The number of hydrogen-bond donors (Lipinski definition) is 2. The lowest BCUT2D eigenvalue weighted by molar-refractivity contribution is -0.115. The van der Waals surface area contributed by atoms with Crippen LogP contribution in [0.3, 0.4) is 0 Å². The first-order chi connectivity index (χ1) is 14.2. The number of nitrogens with zero attached hydrogens (tertiary/aromatic N) is 2. The molecule has 0 aliphatic heterocycles. The van der Waals surface area contributed by atoms with Crippen LogP contribution in [0.25, 0.3) is 32.3 Å². The molecule has 29 heavy (non-hydrogen) atoms. The van der Waals surface area contributed by atoms with Crippen LogP contribution in [-0.2, 0) is 11.2 Å². The van der Waals surface area contributed by atoms with Gasteiger partial charge in [-0.05, 0) is 35.7 Å². The van der Waals surface area contributed by atoms with Gasteiger partial charge in [-0.1, -0.05) is 30.3 Å². The van der Waals surface area contributed by atoms with Crippen molar-refractivity contribution in [1.29, 1.82) is 0 Å². The summed E-state index contributed by atoms with van der Waals surface area (Å²) < 4.78 is 0. The molecule has 7 heteroatoms. The molecule has 5 rings (SSSR count). The highest BCUT2D eigenvalue weighted by atomic mass is 32.1. The van der Waals surface area contributed by atoms with Crippen LogP contribution in [0.4, 0.5) is 5.69 Å². The number of amides is 1. The summed E-state index contributed by atoms with van der Waals surface area (Å²) in [5.74, 6) is 0.692. The maximum Gasteiger partial charge on any atom is 0.230 e. The van der Waals surface area contributed by atoms with E-state index in [4.69, 9.17) is 0 Å². The summed E-state index contributed by atoms with van der Waals surface area (Å²) in [6, 6.07) is 19.6. The molecule has 0 fully saturated rings. The van der Waals surface area contributed by atoms with Gasteiger partial charge in [0.05, 0.1) is 28.0 Å². The number of thiophene rings is 1. The molecule has 0 aliphatic carbocycles. The number of aromatic nitrogens is 3. The number of fused-ring (bicyclic) bond motifs is 1. The standard InChI is InChI=1S/C22H16N4OS2/c27-20(12-16-13-29-22(24-16)19-9-4-10-28-19)23-15-6-3-5-14(11-15)21-25-17-7-1-2-8-18(17)26-21/h1-11,13H,12H2,(H,23,27)(H,25,26). The van der Waals surface area contributed by atoms with Gasteiger partial charge in [0.25, 0.3) is 0 Å². The Morgan fingerprint density at radius 2 is 1.93 bits per heavy atom. The van der Waals surface area contributed by atoms with Gasteiger partial charge in [-0.25, -0.2) is 9.97 Å². The first-order valence-electron chi connectivity index (χ1n) is 9.08. The Kier molecular flexibility index (Phi) is 4.67. The number of para-hydroxylation sites is 2. The maximum absolute atomic E-state index is 12.5.